The largest absolute Gasteiger partial charge is 0.383 e. The molecule has 1 unspecified atom stereocenters. The molecule has 7 nitrogen and oxygen atoms in total. The summed E-state index contributed by atoms with van der Waals surface area (Å²) in [5, 5.41) is 3.36. The molecule has 0 spiro atoms. The summed E-state index contributed by atoms with van der Waals surface area (Å²) in [5.41, 5.74) is 6.92. The third kappa shape index (κ3) is 5.87. The van der Waals surface area contributed by atoms with Crippen molar-refractivity contribution >= 4 is 46.8 Å². The Morgan fingerprint density at radius 2 is 1.69 bits per heavy atom. The normalized spacial score (nSPS) is 15.8. The zero-order valence-corrected chi connectivity index (χ0v) is 19.1. The predicted octanol–water partition coefficient (Wildman–Crippen LogP) is 3.28. The van der Waals surface area contributed by atoms with Crippen molar-refractivity contribution in [1.29, 1.82) is 0 Å². The minimum absolute atomic E-state index is 0.0162. The number of amidine groups is 1. The maximum absolute atomic E-state index is 13.1. The molecule has 2 aromatic carbocycles. The zero-order chi connectivity index (χ0) is 23.3. The Kier molecular flexibility index (Phi) is 7.88. The number of likely N-dealkylation sites (tertiary alicyclic amines) is 1. The van der Waals surface area contributed by atoms with Crippen LogP contribution in [-0.4, -0.2) is 47.6 Å². The fourth-order valence-corrected chi connectivity index (χ4v) is 3.95. The van der Waals surface area contributed by atoms with Crippen molar-refractivity contribution in [3.63, 3.8) is 0 Å². The molecule has 0 radical (unpaired) electrons. The van der Waals surface area contributed by atoms with E-state index >= 15 is 0 Å². The fraction of sp³-hybridized carbons (Fsp3) is 0.304. The van der Waals surface area contributed by atoms with Gasteiger partial charge in [0.25, 0.3) is 11.8 Å². The van der Waals surface area contributed by atoms with E-state index in [-0.39, 0.29) is 28.2 Å². The highest BCUT2D eigenvalue weighted by molar-refractivity contribution is 6.42. The number of nitrogens with one attached hydrogen (secondary N) is 1. The maximum Gasteiger partial charge on any atom is 0.270 e. The molecule has 1 saturated heterocycles. The van der Waals surface area contributed by atoms with E-state index in [1.54, 1.807) is 29.2 Å². The van der Waals surface area contributed by atoms with Gasteiger partial charge in [0.1, 0.15) is 11.9 Å². The van der Waals surface area contributed by atoms with Crippen molar-refractivity contribution in [2.24, 2.45) is 16.6 Å². The van der Waals surface area contributed by atoms with E-state index in [9.17, 15) is 14.4 Å². The quantitative estimate of drug-likeness (QED) is 0.512. The highest BCUT2D eigenvalue weighted by Gasteiger charge is 2.33. The molecule has 1 atom stereocenters. The number of halogens is 2. The van der Waals surface area contributed by atoms with Crippen molar-refractivity contribution in [3.8, 4) is 0 Å². The molecule has 0 aliphatic carbocycles. The average Bonchev–Trinajstić information content (AvgIpc) is 2.79. The number of nitrogens with two attached hydrogens (primary N) is 1. The van der Waals surface area contributed by atoms with Crippen LogP contribution >= 0.6 is 23.2 Å². The van der Waals surface area contributed by atoms with Gasteiger partial charge in [-0.15, -0.1) is 0 Å². The summed E-state index contributed by atoms with van der Waals surface area (Å²) >= 11 is 12.0. The summed E-state index contributed by atoms with van der Waals surface area (Å²) in [7, 11) is 0. The summed E-state index contributed by atoms with van der Waals surface area (Å²) in [6.07, 6.45) is 1.11. The Balaban J connectivity index is 1.83. The molecule has 32 heavy (non-hydrogen) atoms. The first-order valence-corrected chi connectivity index (χ1v) is 11.0. The van der Waals surface area contributed by atoms with E-state index < -0.39 is 17.9 Å². The van der Waals surface area contributed by atoms with Gasteiger partial charge in [-0.1, -0.05) is 53.5 Å². The topological polar surface area (TPSA) is 105 Å². The molecule has 1 fully saturated rings. The molecule has 3 amide bonds. The Labute approximate surface area is 196 Å². The summed E-state index contributed by atoms with van der Waals surface area (Å²) < 4.78 is 0. The molecule has 0 bridgehead atoms. The SMILES string of the molecule is CC(=O)N1CCC(C(NC(=O)c2ccc(Cl)c(Cl)c2)C(=O)N=C(N)c2ccccc2)CC1. The Bertz CT molecular complexity index is 1030. The smallest absolute Gasteiger partial charge is 0.270 e. The second-order valence-corrected chi connectivity index (χ2v) is 8.44. The number of nitrogens with zero attached hydrogens (tertiary/aromatic N) is 2. The third-order valence-corrected chi connectivity index (χ3v) is 6.23. The molecule has 1 heterocycles. The number of hydrogen-bond donors (Lipinski definition) is 2. The van der Waals surface area contributed by atoms with Crippen LogP contribution in [0.1, 0.15) is 35.7 Å². The monoisotopic (exact) mass is 474 g/mol. The average molecular weight is 475 g/mol. The highest BCUT2D eigenvalue weighted by atomic mass is 35.5. The minimum Gasteiger partial charge on any atom is -0.383 e. The van der Waals surface area contributed by atoms with Gasteiger partial charge in [-0.3, -0.25) is 14.4 Å². The van der Waals surface area contributed by atoms with E-state index in [0.29, 0.717) is 36.5 Å². The molecule has 9 heteroatoms. The van der Waals surface area contributed by atoms with Gasteiger partial charge < -0.3 is 16.0 Å². The number of benzene rings is 2. The molecule has 168 valence electrons. The van der Waals surface area contributed by atoms with Gasteiger partial charge >= 0.3 is 0 Å². The molecule has 3 N–H and O–H groups in total. The lowest BCUT2D eigenvalue weighted by Crippen LogP contribution is -2.50. The summed E-state index contributed by atoms with van der Waals surface area (Å²) in [4.78, 5) is 43.5. The van der Waals surface area contributed by atoms with E-state index in [4.69, 9.17) is 28.9 Å². The van der Waals surface area contributed by atoms with Gasteiger partial charge in [-0.2, -0.15) is 4.99 Å². The second kappa shape index (κ2) is 10.6. The third-order valence-electron chi connectivity index (χ3n) is 5.49. The molecule has 1 aliphatic heterocycles. The Hall–Kier alpha value is -2.90. The molecule has 0 aromatic heterocycles. The molecule has 3 rings (SSSR count). The van der Waals surface area contributed by atoms with Crippen molar-refractivity contribution in [2.45, 2.75) is 25.8 Å². The lowest BCUT2D eigenvalue weighted by Gasteiger charge is -2.34. The summed E-state index contributed by atoms with van der Waals surface area (Å²) in [5.74, 6) is -1.15. The van der Waals surface area contributed by atoms with Crippen molar-refractivity contribution in [3.05, 3.63) is 69.7 Å². The lowest BCUT2D eigenvalue weighted by atomic mass is 9.88. The standard InChI is InChI=1S/C23H24Cl2N4O3/c1-14(30)29-11-9-15(10-12-29)20(23(32)28-21(26)16-5-3-2-4-6-16)27-22(31)17-7-8-18(24)19(25)13-17/h2-8,13,15,20H,9-12H2,1H3,(H,27,31)(H2,26,28,32). The van der Waals surface area contributed by atoms with Gasteiger partial charge in [0, 0.05) is 31.1 Å². The lowest BCUT2D eigenvalue weighted by molar-refractivity contribution is -0.130. The van der Waals surface area contributed by atoms with Crippen molar-refractivity contribution in [2.75, 3.05) is 13.1 Å². The van der Waals surface area contributed by atoms with Crippen LogP contribution in [0, 0.1) is 5.92 Å². The van der Waals surface area contributed by atoms with E-state index in [2.05, 4.69) is 10.3 Å². The van der Waals surface area contributed by atoms with Crippen LogP contribution in [0.3, 0.4) is 0 Å². The fourth-order valence-electron chi connectivity index (χ4n) is 3.65. The molecular formula is C23H24Cl2N4O3. The maximum atomic E-state index is 13.1. The first-order chi connectivity index (χ1) is 15.3. The second-order valence-electron chi connectivity index (χ2n) is 7.62. The van der Waals surface area contributed by atoms with Crippen LogP contribution in [0.25, 0.3) is 0 Å². The first-order valence-electron chi connectivity index (χ1n) is 10.2. The minimum atomic E-state index is -0.895. The molecular weight excluding hydrogens is 451 g/mol. The number of hydrogen-bond acceptors (Lipinski definition) is 3. The van der Waals surface area contributed by atoms with Gasteiger partial charge in [-0.25, -0.2) is 0 Å². The van der Waals surface area contributed by atoms with Crippen LogP contribution in [0.2, 0.25) is 10.0 Å². The summed E-state index contributed by atoms with van der Waals surface area (Å²) in [6.45, 7) is 2.52. The Morgan fingerprint density at radius 1 is 1.03 bits per heavy atom. The zero-order valence-electron chi connectivity index (χ0n) is 17.6. The van der Waals surface area contributed by atoms with Crippen LogP contribution in [-0.2, 0) is 9.59 Å². The van der Waals surface area contributed by atoms with Crippen LogP contribution in [0.4, 0.5) is 0 Å². The number of amides is 3. The Morgan fingerprint density at radius 3 is 2.28 bits per heavy atom. The first kappa shape index (κ1) is 23.8. The van der Waals surface area contributed by atoms with Gasteiger partial charge in [0.15, 0.2) is 0 Å². The number of aliphatic imine (C=N–C) groups is 1. The molecule has 2 aromatic rings. The number of piperidine rings is 1. The summed E-state index contributed by atoms with van der Waals surface area (Å²) in [6, 6.07) is 12.5. The molecule has 0 saturated carbocycles. The number of carbonyl (C=O) groups excluding carboxylic acids is 3. The predicted molar refractivity (Wildman–Crippen MR) is 125 cm³/mol. The molecule has 1 aliphatic rings. The van der Waals surface area contributed by atoms with Gasteiger partial charge in [-0.05, 0) is 37.0 Å². The van der Waals surface area contributed by atoms with Gasteiger partial charge in [0.05, 0.1) is 10.0 Å². The van der Waals surface area contributed by atoms with Gasteiger partial charge in [0.2, 0.25) is 5.91 Å². The van der Waals surface area contributed by atoms with E-state index in [0.717, 1.165) is 0 Å². The van der Waals surface area contributed by atoms with Crippen molar-refractivity contribution < 1.29 is 14.4 Å². The van der Waals surface area contributed by atoms with Crippen LogP contribution < -0.4 is 11.1 Å². The number of rotatable bonds is 5. The van der Waals surface area contributed by atoms with E-state index in [1.807, 2.05) is 6.07 Å². The van der Waals surface area contributed by atoms with Crippen LogP contribution in [0.15, 0.2) is 53.5 Å². The number of carbonyl (C=O) groups is 3. The van der Waals surface area contributed by atoms with E-state index in [1.165, 1.54) is 25.1 Å². The van der Waals surface area contributed by atoms with Crippen LogP contribution in [0.5, 0.6) is 0 Å². The highest BCUT2D eigenvalue weighted by Crippen LogP contribution is 2.25. The van der Waals surface area contributed by atoms with Crippen molar-refractivity contribution in [1.82, 2.24) is 10.2 Å².